The average molecular weight is 262 g/mol. The van der Waals surface area contributed by atoms with Crippen LogP contribution in [0.2, 0.25) is 0 Å². The van der Waals surface area contributed by atoms with E-state index in [4.69, 9.17) is 0 Å². The molecule has 3 aromatic rings. The molecule has 0 bridgehead atoms. The number of nitrogens with zero attached hydrogens (tertiary/aromatic N) is 1. The van der Waals surface area contributed by atoms with Gasteiger partial charge in [-0.15, -0.1) is 0 Å². The minimum absolute atomic E-state index is 1.17. The van der Waals surface area contributed by atoms with Crippen LogP contribution in [0.1, 0.15) is 25.0 Å². The number of aromatic amines is 1. The zero-order valence-electron chi connectivity index (χ0n) is 12.1. The lowest BCUT2D eigenvalue weighted by Gasteiger charge is -2.04. The van der Waals surface area contributed by atoms with Gasteiger partial charge in [-0.2, -0.15) is 0 Å². The van der Waals surface area contributed by atoms with Crippen molar-refractivity contribution in [3.8, 4) is 0 Å². The first kappa shape index (κ1) is 12.7. The molecule has 2 heterocycles. The summed E-state index contributed by atoms with van der Waals surface area (Å²) in [6.45, 7) is 6.37. The standard InChI is InChI=1S/C18H18N2/c1-4-16-18(14-7-5-6-8-17(14)20-16)13(3)15-11-19-10-9-12(15)2/h4-11,20H,1-3H3/b16-4-,18-13-. The number of H-pyrrole nitrogens is 1. The Kier molecular flexibility index (Phi) is 3.15. The number of para-hydroxylation sites is 1. The Hall–Kier alpha value is -2.35. The Morgan fingerprint density at radius 2 is 2.00 bits per heavy atom. The van der Waals surface area contributed by atoms with E-state index in [2.05, 4.69) is 67.1 Å². The highest BCUT2D eigenvalue weighted by molar-refractivity contribution is 5.84. The monoisotopic (exact) mass is 262 g/mol. The highest BCUT2D eigenvalue weighted by Crippen LogP contribution is 2.15. The minimum Gasteiger partial charge on any atom is -0.355 e. The second-order valence-corrected chi connectivity index (χ2v) is 5.06. The van der Waals surface area contributed by atoms with Crippen molar-refractivity contribution in [2.45, 2.75) is 20.8 Å². The zero-order valence-corrected chi connectivity index (χ0v) is 12.1. The Morgan fingerprint density at radius 3 is 2.75 bits per heavy atom. The largest absolute Gasteiger partial charge is 0.355 e. The van der Waals surface area contributed by atoms with Crippen LogP contribution in [0, 0.1) is 6.92 Å². The zero-order chi connectivity index (χ0) is 14.1. The van der Waals surface area contributed by atoms with Crippen molar-refractivity contribution in [2.75, 3.05) is 0 Å². The van der Waals surface area contributed by atoms with E-state index in [1.54, 1.807) is 0 Å². The van der Waals surface area contributed by atoms with Crippen LogP contribution >= 0.6 is 0 Å². The third-order valence-electron chi connectivity index (χ3n) is 3.84. The number of aryl methyl sites for hydroxylation is 1. The molecule has 0 saturated heterocycles. The lowest BCUT2D eigenvalue weighted by atomic mass is 10.0. The van der Waals surface area contributed by atoms with Crippen LogP contribution in [0.5, 0.6) is 0 Å². The lowest BCUT2D eigenvalue weighted by Crippen LogP contribution is -2.25. The van der Waals surface area contributed by atoms with Gasteiger partial charge in [-0.05, 0) is 49.6 Å². The van der Waals surface area contributed by atoms with E-state index >= 15 is 0 Å². The fourth-order valence-corrected chi connectivity index (χ4v) is 2.77. The molecule has 0 spiro atoms. The molecule has 0 unspecified atom stereocenters. The van der Waals surface area contributed by atoms with Crippen molar-refractivity contribution in [3.05, 3.63) is 64.4 Å². The highest BCUT2D eigenvalue weighted by atomic mass is 14.7. The second-order valence-electron chi connectivity index (χ2n) is 5.06. The van der Waals surface area contributed by atoms with E-state index in [0.717, 1.165) is 0 Å². The Balaban J connectivity index is 2.50. The summed E-state index contributed by atoms with van der Waals surface area (Å²) in [5.74, 6) is 0. The number of nitrogens with one attached hydrogen (secondary N) is 1. The van der Waals surface area contributed by atoms with Crippen molar-refractivity contribution in [1.82, 2.24) is 9.97 Å². The van der Waals surface area contributed by atoms with E-state index in [0.29, 0.717) is 0 Å². The maximum atomic E-state index is 4.27. The first-order chi connectivity index (χ1) is 9.72. The highest BCUT2D eigenvalue weighted by Gasteiger charge is 2.06. The first-order valence-corrected chi connectivity index (χ1v) is 6.87. The molecule has 0 aliphatic rings. The average Bonchev–Trinajstić information content (AvgIpc) is 2.85. The van der Waals surface area contributed by atoms with Gasteiger partial charge < -0.3 is 4.98 Å². The van der Waals surface area contributed by atoms with Gasteiger partial charge in [0.05, 0.1) is 0 Å². The molecule has 0 aliphatic heterocycles. The van der Waals surface area contributed by atoms with E-state index in [1.165, 1.54) is 38.2 Å². The van der Waals surface area contributed by atoms with Gasteiger partial charge in [-0.1, -0.05) is 24.3 Å². The fourth-order valence-electron chi connectivity index (χ4n) is 2.77. The van der Waals surface area contributed by atoms with Crippen molar-refractivity contribution in [2.24, 2.45) is 0 Å². The molecule has 0 aliphatic carbocycles. The summed E-state index contributed by atoms with van der Waals surface area (Å²) in [5, 5.41) is 3.72. The maximum Gasteiger partial charge on any atom is 0.0464 e. The third-order valence-corrected chi connectivity index (χ3v) is 3.84. The van der Waals surface area contributed by atoms with Gasteiger partial charge in [0.25, 0.3) is 0 Å². The second kappa shape index (κ2) is 4.97. The lowest BCUT2D eigenvalue weighted by molar-refractivity contribution is 1.25. The Bertz CT molecular complexity index is 885. The van der Waals surface area contributed by atoms with E-state index in [-0.39, 0.29) is 0 Å². The third kappa shape index (κ3) is 1.94. The molecule has 100 valence electrons. The van der Waals surface area contributed by atoms with Gasteiger partial charge in [0.2, 0.25) is 0 Å². The van der Waals surface area contributed by atoms with Gasteiger partial charge >= 0.3 is 0 Å². The summed E-state index contributed by atoms with van der Waals surface area (Å²) in [7, 11) is 0. The normalized spacial score (nSPS) is 13.8. The van der Waals surface area contributed by atoms with E-state index in [9.17, 15) is 0 Å². The van der Waals surface area contributed by atoms with Crippen molar-refractivity contribution >= 4 is 22.6 Å². The molecule has 0 atom stereocenters. The van der Waals surface area contributed by atoms with Crippen LogP contribution in [-0.2, 0) is 0 Å². The molecule has 1 aromatic carbocycles. The number of pyridine rings is 1. The molecule has 3 rings (SSSR count). The molecule has 0 fully saturated rings. The Labute approximate surface area is 118 Å². The minimum atomic E-state index is 1.17. The summed E-state index contributed by atoms with van der Waals surface area (Å²) < 4.78 is 0. The maximum absolute atomic E-state index is 4.27. The summed E-state index contributed by atoms with van der Waals surface area (Å²) >= 11 is 0. The van der Waals surface area contributed by atoms with Gasteiger partial charge in [0, 0.05) is 33.9 Å². The molecular formula is C18H18N2. The molecule has 0 saturated carbocycles. The number of aromatic nitrogens is 2. The van der Waals surface area contributed by atoms with Crippen LogP contribution < -0.4 is 10.6 Å². The number of benzene rings is 1. The summed E-state index contributed by atoms with van der Waals surface area (Å²) in [6, 6.07) is 10.5. The smallest absolute Gasteiger partial charge is 0.0464 e. The van der Waals surface area contributed by atoms with E-state index in [1.807, 2.05) is 12.4 Å². The van der Waals surface area contributed by atoms with Crippen molar-refractivity contribution < 1.29 is 0 Å². The molecule has 20 heavy (non-hydrogen) atoms. The van der Waals surface area contributed by atoms with Crippen molar-refractivity contribution in [3.63, 3.8) is 0 Å². The molecule has 0 amide bonds. The van der Waals surface area contributed by atoms with Crippen LogP contribution in [-0.4, -0.2) is 9.97 Å². The van der Waals surface area contributed by atoms with Gasteiger partial charge in [0.1, 0.15) is 0 Å². The number of fused-ring (bicyclic) bond motifs is 1. The topological polar surface area (TPSA) is 28.7 Å². The predicted molar refractivity (Wildman–Crippen MR) is 84.8 cm³/mol. The van der Waals surface area contributed by atoms with Crippen LogP contribution in [0.15, 0.2) is 42.7 Å². The molecular weight excluding hydrogens is 244 g/mol. The van der Waals surface area contributed by atoms with E-state index < -0.39 is 0 Å². The fraction of sp³-hybridized carbons (Fsp3) is 0.167. The Morgan fingerprint density at radius 1 is 1.20 bits per heavy atom. The van der Waals surface area contributed by atoms with Gasteiger partial charge in [0.15, 0.2) is 0 Å². The summed E-state index contributed by atoms with van der Waals surface area (Å²) in [6.07, 6.45) is 5.92. The number of rotatable bonds is 1. The van der Waals surface area contributed by atoms with Crippen LogP contribution in [0.25, 0.3) is 22.6 Å². The molecule has 2 aromatic heterocycles. The predicted octanol–water partition coefficient (Wildman–Crippen LogP) is 2.89. The van der Waals surface area contributed by atoms with Gasteiger partial charge in [-0.3, -0.25) is 4.98 Å². The SMILES string of the molecule is C/C=c1\[nH]c2ccccc2\c1=C(/C)c1cnccc1C. The van der Waals surface area contributed by atoms with Gasteiger partial charge in [-0.25, -0.2) is 0 Å². The summed E-state index contributed by atoms with van der Waals surface area (Å²) in [4.78, 5) is 7.76. The number of hydrogen-bond acceptors (Lipinski definition) is 1. The number of hydrogen-bond donors (Lipinski definition) is 1. The van der Waals surface area contributed by atoms with Crippen molar-refractivity contribution in [1.29, 1.82) is 0 Å². The first-order valence-electron chi connectivity index (χ1n) is 6.87. The van der Waals surface area contributed by atoms with Crippen LogP contribution in [0.4, 0.5) is 0 Å². The molecule has 0 radical (unpaired) electrons. The quantitative estimate of drug-likeness (QED) is 0.717. The van der Waals surface area contributed by atoms with Crippen LogP contribution in [0.3, 0.4) is 0 Å². The molecule has 2 nitrogen and oxygen atoms in total. The molecule has 2 heteroatoms. The molecule has 1 N–H and O–H groups in total. The summed E-state index contributed by atoms with van der Waals surface area (Å²) in [5.41, 5.74) is 4.91.